The Kier molecular flexibility index (Phi) is 6.96. The summed E-state index contributed by atoms with van der Waals surface area (Å²) in [6, 6.07) is 6.30. The van der Waals surface area contributed by atoms with Crippen molar-refractivity contribution in [3.8, 4) is 5.69 Å². The van der Waals surface area contributed by atoms with Crippen LogP contribution in [0.5, 0.6) is 0 Å². The van der Waals surface area contributed by atoms with E-state index in [-0.39, 0.29) is 0 Å². The summed E-state index contributed by atoms with van der Waals surface area (Å²) in [5.41, 5.74) is 3.61. The molecular formula is C20H27BrN6O. The SMILES string of the molecule is CCN(CCCCOC)c1ncnc2c1nnn2-c1ccc(C(C)C)cc1Br. The Labute approximate surface area is 174 Å². The second-order valence-electron chi connectivity index (χ2n) is 7.02. The predicted octanol–water partition coefficient (Wildman–Crippen LogP) is 4.35. The molecular weight excluding hydrogens is 420 g/mol. The molecule has 0 radical (unpaired) electrons. The number of fused-ring (bicyclic) bond motifs is 1. The van der Waals surface area contributed by atoms with Crippen LogP contribution in [0, 0.1) is 0 Å². The van der Waals surface area contributed by atoms with E-state index in [1.165, 1.54) is 5.56 Å². The molecule has 0 aliphatic carbocycles. The topological polar surface area (TPSA) is 69.0 Å². The highest BCUT2D eigenvalue weighted by atomic mass is 79.9. The van der Waals surface area contributed by atoms with E-state index in [1.807, 2.05) is 0 Å². The number of aromatic nitrogens is 5. The minimum absolute atomic E-state index is 0.461. The van der Waals surface area contributed by atoms with Gasteiger partial charge in [0.25, 0.3) is 0 Å². The van der Waals surface area contributed by atoms with Gasteiger partial charge in [-0.1, -0.05) is 25.1 Å². The van der Waals surface area contributed by atoms with Crippen LogP contribution in [0.3, 0.4) is 0 Å². The molecule has 1 aromatic carbocycles. The van der Waals surface area contributed by atoms with Crippen LogP contribution in [-0.4, -0.2) is 51.8 Å². The fraction of sp³-hybridized carbons (Fsp3) is 0.500. The first-order valence-electron chi connectivity index (χ1n) is 9.66. The molecule has 28 heavy (non-hydrogen) atoms. The Morgan fingerprint density at radius 2 is 2.04 bits per heavy atom. The summed E-state index contributed by atoms with van der Waals surface area (Å²) in [6.07, 6.45) is 3.64. The summed E-state index contributed by atoms with van der Waals surface area (Å²) in [5, 5.41) is 8.78. The summed E-state index contributed by atoms with van der Waals surface area (Å²) >= 11 is 3.68. The van der Waals surface area contributed by atoms with Crippen molar-refractivity contribution in [3.63, 3.8) is 0 Å². The summed E-state index contributed by atoms with van der Waals surface area (Å²) < 4.78 is 7.89. The quantitative estimate of drug-likeness (QED) is 0.455. The average molecular weight is 447 g/mol. The molecule has 3 aromatic rings. The number of methoxy groups -OCH3 is 1. The van der Waals surface area contributed by atoms with Crippen molar-refractivity contribution in [2.45, 2.75) is 39.5 Å². The Hall–Kier alpha value is -2.06. The van der Waals surface area contributed by atoms with Crippen LogP contribution in [0.4, 0.5) is 5.82 Å². The monoisotopic (exact) mass is 446 g/mol. The maximum atomic E-state index is 5.15. The van der Waals surface area contributed by atoms with Crippen molar-refractivity contribution in [1.82, 2.24) is 25.0 Å². The van der Waals surface area contributed by atoms with Gasteiger partial charge in [-0.05, 0) is 59.3 Å². The van der Waals surface area contributed by atoms with Crippen LogP contribution in [0.1, 0.15) is 45.1 Å². The summed E-state index contributed by atoms with van der Waals surface area (Å²) in [7, 11) is 1.73. The van der Waals surface area contributed by atoms with Crippen LogP contribution >= 0.6 is 15.9 Å². The van der Waals surface area contributed by atoms with Gasteiger partial charge in [-0.3, -0.25) is 0 Å². The van der Waals surface area contributed by atoms with Gasteiger partial charge in [0.05, 0.1) is 5.69 Å². The zero-order chi connectivity index (χ0) is 20.1. The summed E-state index contributed by atoms with van der Waals surface area (Å²) in [4.78, 5) is 11.2. The number of anilines is 1. The molecule has 0 bridgehead atoms. The average Bonchev–Trinajstić information content (AvgIpc) is 3.12. The number of unbranched alkanes of at least 4 members (excludes halogenated alkanes) is 1. The second kappa shape index (κ2) is 9.43. The van der Waals surface area contributed by atoms with Crippen molar-refractivity contribution in [3.05, 3.63) is 34.6 Å². The largest absolute Gasteiger partial charge is 0.385 e. The van der Waals surface area contributed by atoms with Gasteiger partial charge < -0.3 is 9.64 Å². The van der Waals surface area contributed by atoms with Crippen molar-refractivity contribution >= 4 is 32.9 Å². The summed E-state index contributed by atoms with van der Waals surface area (Å²) in [5.74, 6) is 1.29. The lowest BCUT2D eigenvalue weighted by Crippen LogP contribution is -2.25. The third-order valence-corrected chi connectivity index (χ3v) is 5.43. The highest BCUT2D eigenvalue weighted by molar-refractivity contribution is 9.10. The number of halogens is 1. The van der Waals surface area contributed by atoms with Crippen LogP contribution in [0.25, 0.3) is 16.9 Å². The third-order valence-electron chi connectivity index (χ3n) is 4.79. The highest BCUT2D eigenvalue weighted by Crippen LogP contribution is 2.29. The molecule has 0 spiro atoms. The summed E-state index contributed by atoms with van der Waals surface area (Å²) in [6.45, 7) is 8.99. The first kappa shape index (κ1) is 20.7. The molecule has 0 amide bonds. The Balaban J connectivity index is 1.95. The molecule has 2 heterocycles. The Morgan fingerprint density at radius 1 is 1.21 bits per heavy atom. The lowest BCUT2D eigenvalue weighted by Gasteiger charge is -2.21. The van der Waals surface area contributed by atoms with Crippen LogP contribution < -0.4 is 4.90 Å². The molecule has 150 valence electrons. The molecule has 8 heteroatoms. The Morgan fingerprint density at radius 3 is 2.71 bits per heavy atom. The Bertz CT molecular complexity index is 926. The van der Waals surface area contributed by atoms with E-state index in [0.29, 0.717) is 11.6 Å². The zero-order valence-corrected chi connectivity index (χ0v) is 18.5. The zero-order valence-electron chi connectivity index (χ0n) is 16.9. The predicted molar refractivity (Wildman–Crippen MR) is 115 cm³/mol. The van der Waals surface area contributed by atoms with Gasteiger partial charge >= 0.3 is 0 Å². The molecule has 0 aliphatic rings. The van der Waals surface area contributed by atoms with Crippen molar-refractivity contribution in [2.24, 2.45) is 0 Å². The molecule has 2 aromatic heterocycles. The highest BCUT2D eigenvalue weighted by Gasteiger charge is 2.18. The molecule has 3 rings (SSSR count). The lowest BCUT2D eigenvalue weighted by atomic mass is 10.0. The number of hydrogen-bond acceptors (Lipinski definition) is 6. The molecule has 0 fully saturated rings. The van der Waals surface area contributed by atoms with Crippen molar-refractivity contribution in [2.75, 3.05) is 31.7 Å². The van der Waals surface area contributed by atoms with Gasteiger partial charge in [0.1, 0.15) is 6.33 Å². The maximum absolute atomic E-state index is 5.15. The fourth-order valence-electron chi connectivity index (χ4n) is 3.15. The van der Waals surface area contributed by atoms with Crippen LogP contribution in [0.15, 0.2) is 29.0 Å². The van der Waals surface area contributed by atoms with Gasteiger partial charge in [0.15, 0.2) is 17.0 Å². The van der Waals surface area contributed by atoms with Crippen molar-refractivity contribution < 1.29 is 4.74 Å². The van der Waals surface area contributed by atoms with Gasteiger partial charge in [-0.25, -0.2) is 9.97 Å². The van der Waals surface area contributed by atoms with Gasteiger partial charge in [-0.15, -0.1) is 5.10 Å². The van der Waals surface area contributed by atoms with Crippen LogP contribution in [0.2, 0.25) is 0 Å². The molecule has 0 N–H and O–H groups in total. The molecule has 0 saturated heterocycles. The molecule has 7 nitrogen and oxygen atoms in total. The van der Waals surface area contributed by atoms with E-state index in [0.717, 1.165) is 54.0 Å². The smallest absolute Gasteiger partial charge is 0.189 e. The minimum Gasteiger partial charge on any atom is -0.385 e. The van der Waals surface area contributed by atoms with Gasteiger partial charge in [-0.2, -0.15) is 4.68 Å². The lowest BCUT2D eigenvalue weighted by molar-refractivity contribution is 0.193. The molecule has 0 unspecified atom stereocenters. The number of ether oxygens (including phenoxy) is 1. The fourth-order valence-corrected chi connectivity index (χ4v) is 3.71. The first-order valence-corrected chi connectivity index (χ1v) is 10.5. The van der Waals surface area contributed by atoms with E-state index in [9.17, 15) is 0 Å². The number of nitrogens with zero attached hydrogens (tertiary/aromatic N) is 6. The van der Waals surface area contributed by atoms with Gasteiger partial charge in [0, 0.05) is 31.3 Å². The number of rotatable bonds is 9. The van der Waals surface area contributed by atoms with E-state index < -0.39 is 0 Å². The van der Waals surface area contributed by atoms with Crippen LogP contribution in [-0.2, 0) is 4.74 Å². The number of benzene rings is 1. The number of hydrogen-bond donors (Lipinski definition) is 0. The van der Waals surface area contributed by atoms with E-state index in [1.54, 1.807) is 18.1 Å². The van der Waals surface area contributed by atoms with E-state index in [4.69, 9.17) is 4.74 Å². The first-order chi connectivity index (χ1) is 13.6. The minimum atomic E-state index is 0.461. The van der Waals surface area contributed by atoms with Crippen molar-refractivity contribution in [1.29, 1.82) is 0 Å². The van der Waals surface area contributed by atoms with Gasteiger partial charge in [0.2, 0.25) is 0 Å². The van der Waals surface area contributed by atoms with E-state index in [2.05, 4.69) is 80.1 Å². The molecule has 0 atom stereocenters. The van der Waals surface area contributed by atoms with E-state index >= 15 is 0 Å². The molecule has 0 saturated carbocycles. The second-order valence-corrected chi connectivity index (χ2v) is 7.87. The standard InChI is InChI=1S/C20H27BrN6O/c1-5-26(10-6-7-11-28-4)19-18-20(23-13-22-19)27(25-24-18)17-9-8-15(14(2)3)12-16(17)21/h8-9,12-14H,5-7,10-11H2,1-4H3. The normalized spacial score (nSPS) is 11.5. The molecule has 0 aliphatic heterocycles. The maximum Gasteiger partial charge on any atom is 0.189 e. The third kappa shape index (κ3) is 4.33.